The highest BCUT2D eigenvalue weighted by Crippen LogP contribution is 2.75. The monoisotopic (exact) mass is 904 g/mol. The standard InChI is InChI=1S/C49H64O14Si/c1-28-31-21-32(61-43-48(31,23-35(54-6)62-43)58-24-29-17-13-11-14-18-29)36(28)45(5)39(51)37-38-46(27-60-49(40(45)46,42(53)56-8)59-25-30-19-15-12-16-20-30)33(50)22-34(63-64(9,10)44(2,3)4)47(38,26-57-37)41(52)55-7/h11-20,31-35,37-38,40,43,50H,21-27H2,1-10H3/t31-,32+,33+,34-,35+,37-,38-,40+,43-,45-,46+,47+,48+,49+/m1/s1. The summed E-state index contributed by atoms with van der Waals surface area (Å²) in [5.74, 6) is -6.80. The number of carbonyl (C=O) groups excluding carboxylic acids is 3. The van der Waals surface area contributed by atoms with E-state index in [9.17, 15) is 14.7 Å². The lowest BCUT2D eigenvalue weighted by atomic mass is 9.39. The second kappa shape index (κ2) is 15.9. The lowest BCUT2D eigenvalue weighted by Crippen LogP contribution is -2.76. The van der Waals surface area contributed by atoms with Crippen LogP contribution in [0.1, 0.15) is 65.0 Å². The minimum absolute atomic E-state index is 0.0282. The van der Waals surface area contributed by atoms with Gasteiger partial charge in [0, 0.05) is 37.2 Å². The fraction of sp³-hybridized carbons (Fsp3) is 0.653. The van der Waals surface area contributed by atoms with Gasteiger partial charge in [-0.15, -0.1) is 0 Å². The molecule has 2 aromatic rings. The van der Waals surface area contributed by atoms with Crippen LogP contribution in [0.5, 0.6) is 0 Å². The first-order valence-electron chi connectivity index (χ1n) is 22.6. The van der Waals surface area contributed by atoms with Gasteiger partial charge in [0.05, 0.1) is 70.3 Å². The average Bonchev–Trinajstić information content (AvgIpc) is 4.04. The molecule has 2 bridgehead atoms. The van der Waals surface area contributed by atoms with Crippen molar-refractivity contribution in [2.75, 3.05) is 34.5 Å². The van der Waals surface area contributed by atoms with Gasteiger partial charge in [-0.1, -0.05) is 87.0 Å². The molecule has 9 rings (SSSR count). The highest BCUT2D eigenvalue weighted by molar-refractivity contribution is 6.74. The van der Waals surface area contributed by atoms with Gasteiger partial charge in [0.25, 0.3) is 5.79 Å². The second-order valence-electron chi connectivity index (χ2n) is 20.8. The summed E-state index contributed by atoms with van der Waals surface area (Å²) in [6.45, 7) is 14.0. The third-order valence-corrected chi connectivity index (χ3v) is 21.4. The van der Waals surface area contributed by atoms with Crippen LogP contribution in [0, 0.1) is 34.0 Å². The highest BCUT2D eigenvalue weighted by atomic mass is 28.4. The molecule has 7 aliphatic rings. The number of aliphatic hydroxyl groups is 1. The predicted octanol–water partition coefficient (Wildman–Crippen LogP) is 6.03. The fourth-order valence-electron chi connectivity index (χ4n) is 13.0. The topological polar surface area (TPSA) is 164 Å². The Morgan fingerprint density at radius 2 is 1.50 bits per heavy atom. The summed E-state index contributed by atoms with van der Waals surface area (Å²) in [6, 6.07) is 19.2. The summed E-state index contributed by atoms with van der Waals surface area (Å²) in [5.41, 5.74) is -2.64. The summed E-state index contributed by atoms with van der Waals surface area (Å²) in [5, 5.41) is 12.9. The van der Waals surface area contributed by atoms with Crippen molar-refractivity contribution in [2.24, 2.45) is 34.0 Å². The van der Waals surface area contributed by atoms with Gasteiger partial charge in [-0.2, -0.15) is 0 Å². The van der Waals surface area contributed by atoms with Crippen LogP contribution in [-0.2, 0) is 74.7 Å². The number of hydrogen-bond acceptors (Lipinski definition) is 14. The molecule has 0 radical (unpaired) electrons. The molecule has 15 heteroatoms. The largest absolute Gasteiger partial charge is 0.468 e. The van der Waals surface area contributed by atoms with Crippen LogP contribution in [0.3, 0.4) is 0 Å². The van der Waals surface area contributed by atoms with Crippen LogP contribution in [0.25, 0.3) is 0 Å². The lowest BCUT2D eigenvalue weighted by Gasteiger charge is -2.63. The maximum absolute atomic E-state index is 16.3. The van der Waals surface area contributed by atoms with E-state index in [4.69, 9.17) is 47.1 Å². The first kappa shape index (κ1) is 45.8. The van der Waals surface area contributed by atoms with Gasteiger partial charge >= 0.3 is 11.9 Å². The van der Waals surface area contributed by atoms with Crippen molar-refractivity contribution < 1.29 is 66.5 Å². The first-order valence-corrected chi connectivity index (χ1v) is 25.5. The van der Waals surface area contributed by atoms with Crippen molar-refractivity contribution in [3.63, 3.8) is 0 Å². The first-order chi connectivity index (χ1) is 30.3. The minimum Gasteiger partial charge on any atom is -0.468 e. The summed E-state index contributed by atoms with van der Waals surface area (Å²) in [4.78, 5) is 46.0. The zero-order chi connectivity index (χ0) is 45.8. The summed E-state index contributed by atoms with van der Waals surface area (Å²) >= 11 is 0. The van der Waals surface area contributed by atoms with Crippen LogP contribution in [-0.4, -0.2) is 114 Å². The van der Waals surface area contributed by atoms with E-state index in [1.165, 1.54) is 14.2 Å². The number of benzene rings is 2. The number of Topliss-reactive ketones (excluding diaryl/α,β-unsaturated/α-hetero) is 1. The van der Waals surface area contributed by atoms with Gasteiger partial charge in [0.2, 0.25) is 0 Å². The Hall–Kier alpha value is -3.35. The third kappa shape index (κ3) is 6.25. The number of ether oxygens (including phenoxy) is 9. The Morgan fingerprint density at radius 3 is 2.09 bits per heavy atom. The maximum Gasteiger partial charge on any atom is 0.366 e. The average molecular weight is 905 g/mol. The quantitative estimate of drug-likeness (QED) is 0.149. The molecule has 2 saturated carbocycles. The van der Waals surface area contributed by atoms with Crippen molar-refractivity contribution in [1.29, 1.82) is 0 Å². The molecular weight excluding hydrogens is 841 g/mol. The van der Waals surface area contributed by atoms with E-state index < -0.39 is 103 Å². The number of hydrogen-bond donors (Lipinski definition) is 1. The van der Waals surface area contributed by atoms with Crippen molar-refractivity contribution in [2.45, 2.75) is 134 Å². The molecule has 348 valence electrons. The van der Waals surface area contributed by atoms with Crippen molar-refractivity contribution in [1.82, 2.24) is 0 Å². The Bertz CT molecular complexity index is 2180. The normalized spacial score (nSPS) is 41.1. The molecule has 1 spiro atoms. The zero-order valence-electron chi connectivity index (χ0n) is 38.7. The van der Waals surface area contributed by atoms with Gasteiger partial charge in [0.1, 0.15) is 17.1 Å². The molecule has 0 unspecified atom stereocenters. The molecule has 14 nitrogen and oxygen atoms in total. The number of carbonyl (C=O) groups is 3. The second-order valence-corrected chi connectivity index (χ2v) is 25.5. The molecule has 4 aliphatic heterocycles. The van der Waals surface area contributed by atoms with E-state index >= 15 is 4.79 Å². The van der Waals surface area contributed by atoms with Gasteiger partial charge in [-0.3, -0.25) is 9.59 Å². The van der Waals surface area contributed by atoms with Gasteiger partial charge in [-0.05, 0) is 55.1 Å². The molecule has 6 fully saturated rings. The van der Waals surface area contributed by atoms with E-state index in [2.05, 4.69) is 33.9 Å². The van der Waals surface area contributed by atoms with Gasteiger partial charge < -0.3 is 52.2 Å². The van der Waals surface area contributed by atoms with E-state index in [0.29, 0.717) is 18.4 Å². The van der Waals surface area contributed by atoms with Crippen molar-refractivity contribution >= 4 is 26.0 Å². The Morgan fingerprint density at radius 1 is 0.875 bits per heavy atom. The summed E-state index contributed by atoms with van der Waals surface area (Å²) in [7, 11) is 1.51. The number of ketones is 1. The highest BCUT2D eigenvalue weighted by Gasteiger charge is 2.87. The third-order valence-electron chi connectivity index (χ3n) is 16.9. The van der Waals surface area contributed by atoms with E-state index in [1.54, 1.807) is 14.0 Å². The van der Waals surface area contributed by atoms with Crippen LogP contribution in [0.4, 0.5) is 0 Å². The molecule has 0 aromatic heterocycles. The molecule has 0 amide bonds. The van der Waals surface area contributed by atoms with E-state index in [-0.39, 0.29) is 43.8 Å². The lowest BCUT2D eigenvalue weighted by molar-refractivity contribution is -0.284. The molecule has 4 saturated heterocycles. The Kier molecular flexibility index (Phi) is 11.4. The number of aliphatic hydroxyl groups excluding tert-OH is 1. The van der Waals surface area contributed by atoms with Gasteiger partial charge in [-0.25, -0.2) is 4.79 Å². The van der Waals surface area contributed by atoms with E-state index in [1.807, 2.05) is 67.6 Å². The maximum atomic E-state index is 16.3. The van der Waals surface area contributed by atoms with Crippen molar-refractivity contribution in [3.8, 4) is 0 Å². The predicted molar refractivity (Wildman–Crippen MR) is 231 cm³/mol. The summed E-state index contributed by atoms with van der Waals surface area (Å²) < 4.78 is 65.0. The number of esters is 2. The van der Waals surface area contributed by atoms with Crippen LogP contribution in [0.15, 0.2) is 71.8 Å². The molecule has 1 N–H and O–H groups in total. The molecule has 2 aromatic carbocycles. The molecule has 3 aliphatic carbocycles. The molecule has 14 atom stereocenters. The smallest absolute Gasteiger partial charge is 0.366 e. The van der Waals surface area contributed by atoms with Crippen molar-refractivity contribution in [3.05, 3.63) is 82.9 Å². The minimum atomic E-state index is -2.65. The zero-order valence-corrected chi connectivity index (χ0v) is 39.7. The van der Waals surface area contributed by atoms with E-state index in [0.717, 1.165) is 16.7 Å². The number of fused-ring (bicyclic) bond motifs is 4. The molecular formula is C49H64O14Si. The van der Waals surface area contributed by atoms with Crippen LogP contribution in [0.2, 0.25) is 18.1 Å². The molecule has 4 heterocycles. The van der Waals surface area contributed by atoms with Crippen LogP contribution >= 0.6 is 0 Å². The SMILES string of the molecule is COC(=O)[C@@]1(OCc2ccccc2)OC[C@@]23[C@@H](O)C[C@@H](O[Si](C)(C)C(C)(C)C)[C@@]4(C(=O)OC)CO[C@@H](C(=O)[C@@](C)(C5=C(C)[C@H]6C[C@@H]5O[C@@H]5O[C@H](OC)C[C@@]56OCc5ccccc5)[C@H]12)[C@@H]43. The molecule has 64 heavy (non-hydrogen) atoms. The fourth-order valence-corrected chi connectivity index (χ4v) is 14.4. The number of methoxy groups -OCH3 is 3. The Balaban J connectivity index is 1.25. The van der Waals surface area contributed by atoms with Gasteiger partial charge in [0.15, 0.2) is 26.7 Å². The Labute approximate surface area is 376 Å². The summed E-state index contributed by atoms with van der Waals surface area (Å²) in [6.07, 6.45) is -4.83. The number of rotatable bonds is 12. The van der Waals surface area contributed by atoms with Crippen LogP contribution < -0.4 is 0 Å².